The molecule has 0 aromatic carbocycles. The van der Waals surface area contributed by atoms with E-state index in [9.17, 15) is 5.11 Å². The van der Waals surface area contributed by atoms with Crippen LogP contribution >= 0.6 is 0 Å². The third-order valence-electron chi connectivity index (χ3n) is 4.10. The Morgan fingerprint density at radius 2 is 1.87 bits per heavy atom. The van der Waals surface area contributed by atoms with Gasteiger partial charge in [-0.1, -0.05) is 0 Å². The van der Waals surface area contributed by atoms with E-state index >= 15 is 0 Å². The molecule has 2 aliphatic rings. The summed E-state index contributed by atoms with van der Waals surface area (Å²) in [5, 5.41) is 9.27. The number of piperidine rings is 1. The average molecular weight is 212 g/mol. The summed E-state index contributed by atoms with van der Waals surface area (Å²) in [7, 11) is 4.43. The van der Waals surface area contributed by atoms with Crippen molar-refractivity contribution >= 4 is 0 Å². The monoisotopic (exact) mass is 212 g/mol. The maximum absolute atomic E-state index is 9.27. The summed E-state index contributed by atoms with van der Waals surface area (Å²) in [4.78, 5) is 4.88. The zero-order valence-corrected chi connectivity index (χ0v) is 10.0. The molecule has 0 radical (unpaired) electrons. The minimum atomic E-state index is -0.0186. The van der Waals surface area contributed by atoms with Crippen molar-refractivity contribution in [1.82, 2.24) is 9.80 Å². The van der Waals surface area contributed by atoms with Crippen LogP contribution in [0.5, 0.6) is 0 Å². The van der Waals surface area contributed by atoms with E-state index in [1.54, 1.807) is 0 Å². The normalized spacial score (nSPS) is 34.4. The number of nitrogens with zero attached hydrogens (tertiary/aromatic N) is 2. The molecule has 1 N–H and O–H groups in total. The first-order valence-corrected chi connectivity index (χ1v) is 6.22. The highest BCUT2D eigenvalue weighted by molar-refractivity contribution is 4.86. The number of aliphatic hydroxyl groups excluding tert-OH is 1. The number of hydrogen-bond acceptors (Lipinski definition) is 3. The van der Waals surface area contributed by atoms with Gasteiger partial charge in [0.15, 0.2) is 0 Å². The lowest BCUT2D eigenvalue weighted by Crippen LogP contribution is -2.47. The molecule has 0 amide bonds. The average Bonchev–Trinajstić information content (AvgIpc) is 2.17. The second kappa shape index (κ2) is 4.81. The summed E-state index contributed by atoms with van der Waals surface area (Å²) in [6, 6.07) is 0.652. The highest BCUT2D eigenvalue weighted by Crippen LogP contribution is 2.26. The molecule has 1 saturated heterocycles. The third-order valence-corrected chi connectivity index (χ3v) is 4.10. The van der Waals surface area contributed by atoms with Crippen LogP contribution < -0.4 is 0 Å². The molecule has 0 spiro atoms. The first-order chi connectivity index (χ1) is 7.15. The van der Waals surface area contributed by atoms with Gasteiger partial charge in [0.2, 0.25) is 0 Å². The van der Waals surface area contributed by atoms with Crippen molar-refractivity contribution in [3.63, 3.8) is 0 Å². The standard InChI is InChI=1S/C12H24N2O/c1-13-5-3-10(4-6-13)9-14(2)11-7-12(15)8-11/h10-12,15H,3-9H2,1-2H3/t11-,12-. The molecule has 3 nitrogen and oxygen atoms in total. The lowest BCUT2D eigenvalue weighted by Gasteiger charge is -2.41. The van der Waals surface area contributed by atoms with Gasteiger partial charge >= 0.3 is 0 Å². The predicted molar refractivity (Wildman–Crippen MR) is 61.9 cm³/mol. The molecule has 0 unspecified atom stereocenters. The second-order valence-electron chi connectivity index (χ2n) is 5.47. The molecule has 2 fully saturated rings. The van der Waals surface area contributed by atoms with E-state index in [4.69, 9.17) is 0 Å². The van der Waals surface area contributed by atoms with E-state index in [2.05, 4.69) is 23.9 Å². The lowest BCUT2D eigenvalue weighted by molar-refractivity contribution is 0.00342. The summed E-state index contributed by atoms with van der Waals surface area (Å²) in [5.74, 6) is 0.879. The molecule has 0 atom stereocenters. The van der Waals surface area contributed by atoms with Crippen LogP contribution in [0, 0.1) is 5.92 Å². The molecule has 15 heavy (non-hydrogen) atoms. The van der Waals surface area contributed by atoms with Gasteiger partial charge in [-0.15, -0.1) is 0 Å². The van der Waals surface area contributed by atoms with Crippen LogP contribution in [-0.4, -0.2) is 60.8 Å². The Hall–Kier alpha value is -0.120. The summed E-state index contributed by atoms with van der Waals surface area (Å²) >= 11 is 0. The highest BCUT2D eigenvalue weighted by atomic mass is 16.3. The van der Waals surface area contributed by atoms with Crippen molar-refractivity contribution < 1.29 is 5.11 Å². The first-order valence-electron chi connectivity index (χ1n) is 6.22. The minimum Gasteiger partial charge on any atom is -0.393 e. The Balaban J connectivity index is 1.68. The molecule has 3 heteroatoms. The zero-order chi connectivity index (χ0) is 10.8. The van der Waals surface area contributed by atoms with Crippen molar-refractivity contribution in [2.24, 2.45) is 5.92 Å². The topological polar surface area (TPSA) is 26.7 Å². The minimum absolute atomic E-state index is 0.0186. The smallest absolute Gasteiger partial charge is 0.0570 e. The van der Waals surface area contributed by atoms with Gasteiger partial charge in [-0.2, -0.15) is 0 Å². The summed E-state index contributed by atoms with van der Waals surface area (Å²) in [5.41, 5.74) is 0. The van der Waals surface area contributed by atoms with E-state index in [0.717, 1.165) is 18.8 Å². The molecular formula is C12H24N2O. The maximum atomic E-state index is 9.27. The van der Waals surface area contributed by atoms with Crippen LogP contribution in [0.15, 0.2) is 0 Å². The quantitative estimate of drug-likeness (QED) is 0.749. The molecule has 0 aromatic heterocycles. The lowest BCUT2D eigenvalue weighted by atomic mass is 9.87. The van der Waals surface area contributed by atoms with Gasteiger partial charge in [-0.25, -0.2) is 0 Å². The molecular weight excluding hydrogens is 188 g/mol. The Morgan fingerprint density at radius 1 is 1.27 bits per heavy atom. The van der Waals surface area contributed by atoms with E-state index in [1.165, 1.54) is 32.5 Å². The SMILES string of the molecule is CN1CCC(CN(C)[C@H]2C[C@H](O)C2)CC1. The van der Waals surface area contributed by atoms with Crippen molar-refractivity contribution in [3.8, 4) is 0 Å². The predicted octanol–water partition coefficient (Wildman–Crippen LogP) is 0.783. The fraction of sp³-hybridized carbons (Fsp3) is 1.00. The molecule has 2 rings (SSSR count). The highest BCUT2D eigenvalue weighted by Gasteiger charge is 2.31. The van der Waals surface area contributed by atoms with Gasteiger partial charge in [-0.05, 0) is 58.8 Å². The fourth-order valence-electron chi connectivity index (χ4n) is 2.72. The first kappa shape index (κ1) is 11.4. The zero-order valence-electron chi connectivity index (χ0n) is 10.0. The number of rotatable bonds is 3. The number of likely N-dealkylation sites (tertiary alicyclic amines) is 1. The van der Waals surface area contributed by atoms with Crippen LogP contribution in [0.25, 0.3) is 0 Å². The second-order valence-corrected chi connectivity index (χ2v) is 5.47. The summed E-state index contributed by atoms with van der Waals surface area (Å²) in [6.45, 7) is 3.74. The van der Waals surface area contributed by atoms with Crippen LogP contribution in [0.4, 0.5) is 0 Å². The van der Waals surface area contributed by atoms with E-state index in [1.807, 2.05) is 0 Å². The molecule has 1 aliphatic carbocycles. The molecule has 0 aromatic rings. The van der Waals surface area contributed by atoms with Crippen molar-refractivity contribution in [1.29, 1.82) is 0 Å². The van der Waals surface area contributed by atoms with Crippen molar-refractivity contribution in [2.75, 3.05) is 33.7 Å². The number of hydrogen-bond donors (Lipinski definition) is 1. The van der Waals surface area contributed by atoms with Gasteiger partial charge in [0.05, 0.1) is 6.10 Å². The maximum Gasteiger partial charge on any atom is 0.0570 e. The third kappa shape index (κ3) is 2.92. The van der Waals surface area contributed by atoms with E-state index < -0.39 is 0 Å². The molecule has 1 saturated carbocycles. The van der Waals surface area contributed by atoms with Crippen LogP contribution in [0.1, 0.15) is 25.7 Å². The molecule has 1 aliphatic heterocycles. The Morgan fingerprint density at radius 3 is 2.40 bits per heavy atom. The van der Waals surface area contributed by atoms with Crippen molar-refractivity contribution in [2.45, 2.75) is 37.8 Å². The van der Waals surface area contributed by atoms with Gasteiger partial charge in [-0.3, -0.25) is 0 Å². The van der Waals surface area contributed by atoms with Gasteiger partial charge in [0, 0.05) is 12.6 Å². The Kier molecular flexibility index (Phi) is 3.65. The summed E-state index contributed by atoms with van der Waals surface area (Å²) in [6.07, 6.45) is 4.65. The molecule has 1 heterocycles. The van der Waals surface area contributed by atoms with Gasteiger partial charge < -0.3 is 14.9 Å². The van der Waals surface area contributed by atoms with Crippen LogP contribution in [0.3, 0.4) is 0 Å². The number of aliphatic hydroxyl groups is 1. The van der Waals surface area contributed by atoms with Gasteiger partial charge in [0.25, 0.3) is 0 Å². The van der Waals surface area contributed by atoms with Gasteiger partial charge in [0.1, 0.15) is 0 Å². The Bertz CT molecular complexity index is 196. The van der Waals surface area contributed by atoms with E-state index in [0.29, 0.717) is 6.04 Å². The van der Waals surface area contributed by atoms with Crippen LogP contribution in [-0.2, 0) is 0 Å². The van der Waals surface area contributed by atoms with Crippen molar-refractivity contribution in [3.05, 3.63) is 0 Å². The fourth-order valence-corrected chi connectivity index (χ4v) is 2.72. The largest absolute Gasteiger partial charge is 0.393 e. The summed E-state index contributed by atoms with van der Waals surface area (Å²) < 4.78 is 0. The Labute approximate surface area is 93.1 Å². The molecule has 0 bridgehead atoms. The van der Waals surface area contributed by atoms with E-state index in [-0.39, 0.29) is 6.10 Å². The van der Waals surface area contributed by atoms with Crippen LogP contribution in [0.2, 0.25) is 0 Å². The molecule has 88 valence electrons.